The van der Waals surface area contributed by atoms with Crippen molar-refractivity contribution in [2.45, 2.75) is 11.3 Å². The molecule has 2 unspecified atom stereocenters. The number of rotatable bonds is 5. The second kappa shape index (κ2) is 8.70. The molecule has 3 aromatic rings. The van der Waals surface area contributed by atoms with Gasteiger partial charge in [-0.15, -0.1) is 11.8 Å². The molecule has 33 heavy (non-hydrogen) atoms. The predicted octanol–water partition coefficient (Wildman–Crippen LogP) is 3.90. The Morgan fingerprint density at radius 3 is 2.82 bits per heavy atom. The molecule has 0 bridgehead atoms. The number of hydrogen-bond acceptors (Lipinski definition) is 6. The summed E-state index contributed by atoms with van der Waals surface area (Å²) in [5.74, 6) is -0.296. The van der Waals surface area contributed by atoms with Gasteiger partial charge in [-0.05, 0) is 24.3 Å². The molecule has 5 rings (SSSR count). The van der Waals surface area contributed by atoms with Crippen molar-refractivity contribution in [1.29, 1.82) is 0 Å². The lowest BCUT2D eigenvalue weighted by molar-refractivity contribution is -0.118. The average Bonchev–Trinajstić information content (AvgIpc) is 3.23. The molecule has 0 aliphatic carbocycles. The molecule has 7 nitrogen and oxygen atoms in total. The molecule has 2 aliphatic rings. The van der Waals surface area contributed by atoms with Crippen LogP contribution in [0.2, 0.25) is 5.02 Å². The Labute approximate surface area is 200 Å². The van der Waals surface area contributed by atoms with Crippen molar-refractivity contribution >= 4 is 62.4 Å². The zero-order valence-corrected chi connectivity index (χ0v) is 19.3. The molecule has 9 heteroatoms. The average molecular weight is 481 g/mol. The lowest BCUT2D eigenvalue weighted by atomic mass is 10.1. The monoisotopic (exact) mass is 480 g/mol. The number of hydrogen-bond donors (Lipinski definition) is 2. The number of aliphatic hydroxyl groups is 1. The number of nitrogens with one attached hydrogen (secondary N) is 1. The molecule has 1 saturated heterocycles. The van der Waals surface area contributed by atoms with Gasteiger partial charge in [0.2, 0.25) is 0 Å². The fraction of sp³-hybridized carbons (Fsp3) is 0.208. The number of thioether (sulfide) groups is 1. The largest absolute Gasteiger partial charge is 0.395 e. The van der Waals surface area contributed by atoms with Crippen LogP contribution in [0.25, 0.3) is 15.7 Å². The van der Waals surface area contributed by atoms with Crippen molar-refractivity contribution < 1.29 is 14.7 Å². The molecule has 2 atom stereocenters. The van der Waals surface area contributed by atoms with E-state index in [1.165, 1.54) is 22.9 Å². The first kappa shape index (κ1) is 21.8. The van der Waals surface area contributed by atoms with Crippen LogP contribution in [0.3, 0.4) is 0 Å². The highest BCUT2D eigenvalue weighted by molar-refractivity contribution is 8.09. The van der Waals surface area contributed by atoms with E-state index in [4.69, 9.17) is 11.6 Å². The smallest absolute Gasteiger partial charge is 0.329 e. The predicted molar refractivity (Wildman–Crippen MR) is 133 cm³/mol. The molecule has 2 aromatic carbocycles. The van der Waals surface area contributed by atoms with E-state index < -0.39 is 17.3 Å². The Hall–Kier alpha value is -3.07. The van der Waals surface area contributed by atoms with Crippen molar-refractivity contribution in [3.63, 3.8) is 0 Å². The lowest BCUT2D eigenvalue weighted by Crippen LogP contribution is -2.60. The number of anilines is 2. The Morgan fingerprint density at radius 2 is 2.03 bits per heavy atom. The van der Waals surface area contributed by atoms with Gasteiger partial charge in [-0.2, -0.15) is 0 Å². The number of aliphatic hydroxyl groups excluding tert-OH is 1. The third kappa shape index (κ3) is 3.84. The Balaban J connectivity index is 1.50. The third-order valence-electron chi connectivity index (χ3n) is 5.85. The number of benzene rings is 2. The number of carbonyl (C=O) groups is 2. The zero-order valence-electron chi connectivity index (χ0n) is 17.7. The molecule has 2 aliphatic heterocycles. The van der Waals surface area contributed by atoms with Crippen molar-refractivity contribution in [3.05, 3.63) is 71.5 Å². The Kier molecular flexibility index (Phi) is 5.74. The minimum absolute atomic E-state index is 0.0197. The highest BCUT2D eigenvalue weighted by atomic mass is 35.5. The number of fused-ring (bicyclic) bond motifs is 2. The van der Waals surface area contributed by atoms with Crippen LogP contribution in [0.5, 0.6) is 0 Å². The van der Waals surface area contributed by atoms with Gasteiger partial charge in [-0.3, -0.25) is 9.78 Å². The number of urea groups is 1. The van der Waals surface area contributed by atoms with E-state index in [2.05, 4.69) is 10.3 Å². The third-order valence-corrected chi connectivity index (χ3v) is 7.54. The van der Waals surface area contributed by atoms with Gasteiger partial charge < -0.3 is 15.3 Å². The second-order valence-corrected chi connectivity index (χ2v) is 9.50. The first-order valence-electron chi connectivity index (χ1n) is 10.5. The normalized spacial score (nSPS) is 20.0. The van der Waals surface area contributed by atoms with Gasteiger partial charge in [0.05, 0.1) is 24.5 Å². The number of pyridine rings is 1. The van der Waals surface area contributed by atoms with Gasteiger partial charge in [0, 0.05) is 51.7 Å². The van der Waals surface area contributed by atoms with Crippen LogP contribution in [0.1, 0.15) is 5.56 Å². The van der Waals surface area contributed by atoms with E-state index in [1.54, 1.807) is 12.3 Å². The first-order chi connectivity index (χ1) is 16.0. The minimum atomic E-state index is -0.496. The van der Waals surface area contributed by atoms with E-state index in [0.717, 1.165) is 26.9 Å². The number of nitrogens with zero attached hydrogens (tertiary/aromatic N) is 3. The Bertz CT molecular complexity index is 1300. The van der Waals surface area contributed by atoms with Crippen molar-refractivity contribution in [2.75, 3.05) is 30.0 Å². The van der Waals surface area contributed by atoms with Crippen molar-refractivity contribution in [2.24, 2.45) is 0 Å². The number of imide groups is 1. The van der Waals surface area contributed by atoms with Gasteiger partial charge in [0.25, 0.3) is 5.91 Å². The minimum Gasteiger partial charge on any atom is -0.395 e. The zero-order chi connectivity index (χ0) is 23.1. The molecular weight excluding hydrogens is 460 g/mol. The fourth-order valence-corrected chi connectivity index (χ4v) is 5.73. The number of amides is 3. The maximum Gasteiger partial charge on any atom is 0.329 e. The van der Waals surface area contributed by atoms with Crippen LogP contribution >= 0.6 is 23.4 Å². The topological polar surface area (TPSA) is 85.8 Å². The highest BCUT2D eigenvalue weighted by Crippen LogP contribution is 2.44. The summed E-state index contributed by atoms with van der Waals surface area (Å²) >= 11 is 7.76. The fourth-order valence-electron chi connectivity index (χ4n) is 4.13. The van der Waals surface area contributed by atoms with E-state index in [0.29, 0.717) is 17.3 Å². The van der Waals surface area contributed by atoms with E-state index in [9.17, 15) is 14.7 Å². The maximum atomic E-state index is 13.6. The van der Waals surface area contributed by atoms with Gasteiger partial charge in [-0.25, -0.2) is 9.69 Å². The summed E-state index contributed by atoms with van der Waals surface area (Å²) in [4.78, 5) is 34.9. The quantitative estimate of drug-likeness (QED) is 0.576. The molecular formula is C24H21ClN4O3S. The summed E-state index contributed by atoms with van der Waals surface area (Å²) in [6, 6.07) is 12.3. The summed E-state index contributed by atoms with van der Waals surface area (Å²) in [6.07, 6.45) is 5.14. The van der Waals surface area contributed by atoms with E-state index in [-0.39, 0.29) is 12.5 Å². The van der Waals surface area contributed by atoms with Crippen LogP contribution in [0, 0.1) is 0 Å². The lowest BCUT2D eigenvalue weighted by Gasteiger charge is -2.33. The summed E-state index contributed by atoms with van der Waals surface area (Å²) in [7, 11) is 1.87. The SMILES string of the molecule is CN(CCO)c1ccc2cncc(N3C(=O)NC4C=C(c5ccccc5Cl)SC4C3=O)c2c1. The molecule has 168 valence electrons. The molecule has 2 N–H and O–H groups in total. The van der Waals surface area contributed by atoms with Crippen LogP contribution in [0.4, 0.5) is 16.2 Å². The Morgan fingerprint density at radius 1 is 1.21 bits per heavy atom. The van der Waals surface area contributed by atoms with Gasteiger partial charge in [0.15, 0.2) is 0 Å². The molecule has 3 amide bonds. The van der Waals surface area contributed by atoms with Gasteiger partial charge >= 0.3 is 6.03 Å². The molecule has 0 spiro atoms. The molecule has 0 saturated carbocycles. The number of likely N-dealkylation sites (N-methyl/N-ethyl adjacent to an activating group) is 1. The molecule has 1 aromatic heterocycles. The standard InChI is InChI=1S/C24H21ClN4O3S/c1-28(8-9-30)15-7-6-14-12-26-13-20(17(14)10-15)29-23(31)22-19(27-24(29)32)11-21(33-22)16-4-2-3-5-18(16)25/h2-7,10-13,19,22,30H,8-9H2,1H3,(H,27,32). The second-order valence-electron chi connectivity index (χ2n) is 7.91. The molecule has 1 fully saturated rings. The highest BCUT2D eigenvalue weighted by Gasteiger charge is 2.45. The van der Waals surface area contributed by atoms with Crippen LogP contribution in [-0.4, -0.2) is 53.5 Å². The number of halogens is 1. The number of aromatic nitrogens is 1. The summed E-state index contributed by atoms with van der Waals surface area (Å²) in [5, 5.41) is 13.9. The van der Waals surface area contributed by atoms with Gasteiger partial charge in [-0.1, -0.05) is 35.9 Å². The maximum absolute atomic E-state index is 13.6. The van der Waals surface area contributed by atoms with Crippen LogP contribution in [-0.2, 0) is 4.79 Å². The van der Waals surface area contributed by atoms with E-state index >= 15 is 0 Å². The number of carbonyl (C=O) groups excluding carboxylic acids is 2. The molecule has 3 heterocycles. The van der Waals surface area contributed by atoms with Crippen molar-refractivity contribution in [3.8, 4) is 0 Å². The van der Waals surface area contributed by atoms with Crippen LogP contribution < -0.4 is 15.1 Å². The summed E-state index contributed by atoms with van der Waals surface area (Å²) in [5.41, 5.74) is 2.14. The summed E-state index contributed by atoms with van der Waals surface area (Å²) in [6.45, 7) is 0.484. The van der Waals surface area contributed by atoms with E-state index in [1.807, 2.05) is 54.4 Å². The molecule has 0 radical (unpaired) electrons. The first-order valence-corrected chi connectivity index (χ1v) is 11.7. The summed E-state index contributed by atoms with van der Waals surface area (Å²) < 4.78 is 0. The van der Waals surface area contributed by atoms with Crippen molar-refractivity contribution in [1.82, 2.24) is 10.3 Å². The van der Waals surface area contributed by atoms with Crippen LogP contribution in [0.15, 0.2) is 60.9 Å². The van der Waals surface area contributed by atoms with Gasteiger partial charge in [0.1, 0.15) is 5.25 Å².